The highest BCUT2D eigenvalue weighted by molar-refractivity contribution is 5.86. The molecule has 0 spiro atoms. The van der Waals surface area contributed by atoms with Gasteiger partial charge in [0, 0.05) is 0 Å². The average Bonchev–Trinajstić information content (AvgIpc) is 2.84. The van der Waals surface area contributed by atoms with Crippen LogP contribution in [0, 0.1) is 6.92 Å². The van der Waals surface area contributed by atoms with Crippen molar-refractivity contribution in [1.29, 1.82) is 0 Å². The minimum Gasteiger partial charge on any atom is -0.460 e. The molecule has 16 heavy (non-hydrogen) atoms. The highest BCUT2D eigenvalue weighted by atomic mass is 16.3. The van der Waals surface area contributed by atoms with Gasteiger partial charge in [0.2, 0.25) is 5.95 Å². The second-order valence-corrected chi connectivity index (χ2v) is 3.44. The Bertz CT molecular complexity index is 654. The predicted molar refractivity (Wildman–Crippen MR) is 58.5 cm³/mol. The summed E-state index contributed by atoms with van der Waals surface area (Å²) in [5.74, 6) is 1.66. The highest BCUT2D eigenvalue weighted by Crippen LogP contribution is 2.25. The molecule has 80 valence electrons. The van der Waals surface area contributed by atoms with Gasteiger partial charge >= 0.3 is 0 Å². The van der Waals surface area contributed by atoms with Crippen LogP contribution in [0.15, 0.2) is 22.9 Å². The van der Waals surface area contributed by atoms with Gasteiger partial charge in [0.15, 0.2) is 11.4 Å². The van der Waals surface area contributed by atoms with Gasteiger partial charge in [-0.2, -0.15) is 4.98 Å². The van der Waals surface area contributed by atoms with Gasteiger partial charge in [0.05, 0.1) is 6.33 Å². The number of nitrogens with two attached hydrogens (primary N) is 1. The SMILES string of the molecule is Cc1ccc(-c2nc(N)nc3nc[nH]c23)o1. The maximum atomic E-state index is 5.61. The number of nitrogens with zero attached hydrogens (tertiary/aromatic N) is 3. The molecule has 0 bridgehead atoms. The van der Waals surface area contributed by atoms with Crippen molar-refractivity contribution in [3.8, 4) is 11.5 Å². The first-order chi connectivity index (χ1) is 7.74. The van der Waals surface area contributed by atoms with E-state index in [4.69, 9.17) is 10.2 Å². The molecule has 0 fully saturated rings. The molecule has 3 aromatic rings. The Kier molecular flexibility index (Phi) is 1.70. The fraction of sp³-hybridized carbons (Fsp3) is 0.100. The van der Waals surface area contributed by atoms with E-state index in [2.05, 4.69) is 19.9 Å². The van der Waals surface area contributed by atoms with Gasteiger partial charge in [0.1, 0.15) is 17.0 Å². The number of furan rings is 1. The first kappa shape index (κ1) is 8.90. The van der Waals surface area contributed by atoms with E-state index in [1.165, 1.54) is 0 Å². The molecule has 0 saturated carbocycles. The Balaban J connectivity index is 2.33. The normalized spacial score (nSPS) is 11.1. The van der Waals surface area contributed by atoms with Crippen molar-refractivity contribution in [3.05, 3.63) is 24.2 Å². The van der Waals surface area contributed by atoms with E-state index in [1.54, 1.807) is 6.33 Å². The molecule has 6 nitrogen and oxygen atoms in total. The van der Waals surface area contributed by atoms with Crippen molar-refractivity contribution >= 4 is 17.1 Å². The number of aryl methyl sites for hydroxylation is 1. The largest absolute Gasteiger partial charge is 0.460 e. The number of rotatable bonds is 1. The zero-order valence-corrected chi connectivity index (χ0v) is 8.56. The molecule has 0 aliphatic carbocycles. The summed E-state index contributed by atoms with van der Waals surface area (Å²) in [5.41, 5.74) is 7.51. The fourth-order valence-corrected chi connectivity index (χ4v) is 1.59. The predicted octanol–water partition coefficient (Wildman–Crippen LogP) is 1.50. The Morgan fingerprint density at radius 1 is 1.31 bits per heavy atom. The van der Waals surface area contributed by atoms with Crippen molar-refractivity contribution in [2.24, 2.45) is 0 Å². The van der Waals surface area contributed by atoms with E-state index in [0.717, 1.165) is 11.3 Å². The van der Waals surface area contributed by atoms with Crippen molar-refractivity contribution in [1.82, 2.24) is 19.9 Å². The van der Waals surface area contributed by atoms with Crippen LogP contribution in [0.5, 0.6) is 0 Å². The lowest BCUT2D eigenvalue weighted by Crippen LogP contribution is -1.97. The van der Waals surface area contributed by atoms with Crippen LogP contribution in [-0.4, -0.2) is 19.9 Å². The second kappa shape index (κ2) is 3.06. The van der Waals surface area contributed by atoms with E-state index >= 15 is 0 Å². The van der Waals surface area contributed by atoms with E-state index in [-0.39, 0.29) is 5.95 Å². The molecular weight excluding hydrogens is 206 g/mol. The van der Waals surface area contributed by atoms with Crippen LogP contribution in [0.1, 0.15) is 5.76 Å². The topological polar surface area (TPSA) is 93.6 Å². The Morgan fingerprint density at radius 3 is 2.94 bits per heavy atom. The molecule has 0 amide bonds. The number of H-pyrrole nitrogens is 1. The number of aromatic nitrogens is 4. The third kappa shape index (κ3) is 1.23. The number of aromatic amines is 1. The summed E-state index contributed by atoms with van der Waals surface area (Å²) in [6, 6.07) is 3.72. The third-order valence-electron chi connectivity index (χ3n) is 2.28. The van der Waals surface area contributed by atoms with Crippen molar-refractivity contribution in [3.63, 3.8) is 0 Å². The lowest BCUT2D eigenvalue weighted by atomic mass is 10.3. The van der Waals surface area contributed by atoms with Crippen LogP contribution < -0.4 is 5.73 Å². The molecule has 0 aromatic carbocycles. The molecule has 3 rings (SSSR count). The van der Waals surface area contributed by atoms with E-state index < -0.39 is 0 Å². The van der Waals surface area contributed by atoms with Crippen LogP contribution >= 0.6 is 0 Å². The lowest BCUT2D eigenvalue weighted by molar-refractivity contribution is 0.547. The summed E-state index contributed by atoms with van der Waals surface area (Å²) in [5, 5.41) is 0. The number of hydrogen-bond donors (Lipinski definition) is 2. The van der Waals surface area contributed by atoms with Gasteiger partial charge in [-0.1, -0.05) is 0 Å². The van der Waals surface area contributed by atoms with Crippen LogP contribution in [-0.2, 0) is 0 Å². The third-order valence-corrected chi connectivity index (χ3v) is 2.28. The van der Waals surface area contributed by atoms with Crippen LogP contribution in [0.2, 0.25) is 0 Å². The van der Waals surface area contributed by atoms with Gasteiger partial charge in [-0.3, -0.25) is 0 Å². The summed E-state index contributed by atoms with van der Waals surface area (Å²) < 4.78 is 5.51. The summed E-state index contributed by atoms with van der Waals surface area (Å²) in [4.78, 5) is 15.2. The summed E-state index contributed by atoms with van der Waals surface area (Å²) in [6.45, 7) is 1.87. The Morgan fingerprint density at radius 2 is 2.19 bits per heavy atom. The quantitative estimate of drug-likeness (QED) is 0.641. The van der Waals surface area contributed by atoms with Gasteiger partial charge in [0.25, 0.3) is 0 Å². The van der Waals surface area contributed by atoms with Gasteiger partial charge < -0.3 is 15.1 Å². The minimum atomic E-state index is 0.184. The maximum absolute atomic E-state index is 5.61. The average molecular weight is 215 g/mol. The molecule has 0 radical (unpaired) electrons. The minimum absolute atomic E-state index is 0.184. The summed E-state index contributed by atoms with van der Waals surface area (Å²) in [6.07, 6.45) is 1.55. The molecule has 0 atom stereocenters. The zero-order valence-electron chi connectivity index (χ0n) is 8.56. The molecular formula is C10H9N5O. The molecule has 0 aliphatic heterocycles. The van der Waals surface area contributed by atoms with Crippen LogP contribution in [0.25, 0.3) is 22.6 Å². The van der Waals surface area contributed by atoms with E-state index in [9.17, 15) is 0 Å². The molecule has 3 N–H and O–H groups in total. The van der Waals surface area contributed by atoms with Gasteiger partial charge in [-0.25, -0.2) is 9.97 Å². The summed E-state index contributed by atoms with van der Waals surface area (Å²) in [7, 11) is 0. The van der Waals surface area contributed by atoms with Gasteiger partial charge in [-0.05, 0) is 19.1 Å². The Labute approximate surface area is 90.5 Å². The number of nitrogen functional groups attached to an aromatic ring is 1. The van der Waals surface area contributed by atoms with Crippen molar-refractivity contribution in [2.75, 3.05) is 5.73 Å². The monoisotopic (exact) mass is 215 g/mol. The first-order valence-electron chi connectivity index (χ1n) is 4.77. The number of anilines is 1. The van der Waals surface area contributed by atoms with Crippen molar-refractivity contribution in [2.45, 2.75) is 6.92 Å². The van der Waals surface area contributed by atoms with Crippen molar-refractivity contribution < 1.29 is 4.42 Å². The molecule has 6 heteroatoms. The maximum Gasteiger partial charge on any atom is 0.222 e. The number of hydrogen-bond acceptors (Lipinski definition) is 5. The smallest absolute Gasteiger partial charge is 0.222 e. The molecule has 3 aromatic heterocycles. The second-order valence-electron chi connectivity index (χ2n) is 3.44. The van der Waals surface area contributed by atoms with Crippen LogP contribution in [0.3, 0.4) is 0 Å². The number of fused-ring (bicyclic) bond motifs is 1. The van der Waals surface area contributed by atoms with Crippen LogP contribution in [0.4, 0.5) is 5.95 Å². The lowest BCUT2D eigenvalue weighted by Gasteiger charge is -1.99. The standard InChI is InChI=1S/C10H9N5O/c1-5-2-3-6(16-5)7-8-9(13-4-12-8)15-10(11)14-7/h2-4H,1H3,(H3,11,12,13,14,15). The highest BCUT2D eigenvalue weighted by Gasteiger charge is 2.13. The van der Waals surface area contributed by atoms with E-state index in [1.807, 2.05) is 19.1 Å². The van der Waals surface area contributed by atoms with E-state index in [0.29, 0.717) is 17.1 Å². The number of imidazole rings is 1. The first-order valence-corrected chi connectivity index (χ1v) is 4.77. The fourth-order valence-electron chi connectivity index (χ4n) is 1.59. The zero-order chi connectivity index (χ0) is 11.1. The summed E-state index contributed by atoms with van der Waals surface area (Å²) >= 11 is 0. The number of nitrogens with one attached hydrogen (secondary N) is 1. The Hall–Kier alpha value is -2.37. The van der Waals surface area contributed by atoms with Gasteiger partial charge in [-0.15, -0.1) is 0 Å². The molecule has 0 saturated heterocycles. The molecule has 3 heterocycles. The molecule has 0 aliphatic rings. The molecule has 0 unspecified atom stereocenters.